The van der Waals surface area contributed by atoms with Crippen LogP contribution in [0.5, 0.6) is 0 Å². The molecule has 0 aromatic heterocycles. The number of rotatable bonds is 10. The van der Waals surface area contributed by atoms with Crippen molar-refractivity contribution >= 4 is 11.9 Å². The number of hydrogen-bond donors (Lipinski definition) is 5. The van der Waals surface area contributed by atoms with E-state index in [4.69, 9.17) is 23.7 Å². The first-order valence-electron chi connectivity index (χ1n) is 13.0. The second kappa shape index (κ2) is 12.9. The zero-order valence-corrected chi connectivity index (χ0v) is 22.6. The Bertz CT molecular complexity index is 958. The van der Waals surface area contributed by atoms with E-state index in [1.807, 2.05) is 0 Å². The van der Waals surface area contributed by atoms with Crippen LogP contribution in [0.25, 0.3) is 0 Å². The number of carbonyl (C=O) groups is 2. The van der Waals surface area contributed by atoms with Gasteiger partial charge in [0.25, 0.3) is 0 Å². The lowest BCUT2D eigenvalue weighted by Crippen LogP contribution is -2.60. The fraction of sp³-hybridized carbons (Fsp3) is 0.704. The molecule has 3 rings (SSSR count). The Hall–Kier alpha value is -2.32. The highest BCUT2D eigenvalue weighted by Gasteiger charge is 2.53. The molecule has 0 spiro atoms. The van der Waals surface area contributed by atoms with Gasteiger partial charge in [-0.3, -0.25) is 0 Å². The summed E-state index contributed by atoms with van der Waals surface area (Å²) in [6.07, 6.45) is -4.20. The number of aliphatic hydroxyl groups is 5. The average Bonchev–Trinajstić information content (AvgIpc) is 3.21. The van der Waals surface area contributed by atoms with E-state index in [9.17, 15) is 35.1 Å². The summed E-state index contributed by atoms with van der Waals surface area (Å²) < 4.78 is 27.3. The summed E-state index contributed by atoms with van der Waals surface area (Å²) in [6, 6.07) is 0. The highest BCUT2D eigenvalue weighted by molar-refractivity contribution is 5.89. The molecule has 2 aliphatic heterocycles. The molecule has 11 atom stereocenters. The van der Waals surface area contributed by atoms with Gasteiger partial charge in [0.05, 0.1) is 30.6 Å². The zero-order chi connectivity index (χ0) is 29.1. The van der Waals surface area contributed by atoms with Crippen LogP contribution in [0.2, 0.25) is 0 Å². The van der Waals surface area contributed by atoms with Crippen LogP contribution in [0.15, 0.2) is 36.1 Å². The second-order valence-corrected chi connectivity index (χ2v) is 10.7. The van der Waals surface area contributed by atoms with Crippen molar-refractivity contribution in [3.8, 4) is 0 Å². The van der Waals surface area contributed by atoms with Crippen molar-refractivity contribution in [1.29, 1.82) is 0 Å². The van der Waals surface area contributed by atoms with E-state index < -0.39 is 79.1 Å². The third-order valence-corrected chi connectivity index (χ3v) is 7.82. The molecular weight excluding hydrogens is 516 g/mol. The van der Waals surface area contributed by atoms with Crippen molar-refractivity contribution in [2.75, 3.05) is 13.7 Å². The van der Waals surface area contributed by atoms with Crippen molar-refractivity contribution in [2.45, 2.75) is 88.7 Å². The molecule has 0 aromatic rings. The van der Waals surface area contributed by atoms with Crippen LogP contribution in [0.1, 0.15) is 40.0 Å². The number of fused-ring (bicyclic) bond motifs is 1. The number of methoxy groups -OCH3 is 1. The Labute approximate surface area is 227 Å². The Balaban J connectivity index is 1.65. The number of esters is 2. The van der Waals surface area contributed by atoms with Gasteiger partial charge in [0.1, 0.15) is 31.0 Å². The molecule has 1 saturated heterocycles. The van der Waals surface area contributed by atoms with E-state index in [-0.39, 0.29) is 23.5 Å². The quantitative estimate of drug-likeness (QED) is 0.139. The van der Waals surface area contributed by atoms with Gasteiger partial charge in [-0.2, -0.15) is 0 Å². The molecule has 12 heteroatoms. The standard InChI is InChI=1S/C27H40O12/c1-6-27(4,34)9-7-8-13(2)23(32)36-12-18-20(29)21(30)22(31)26(38-18)39-25-19-14(3)17(28)10-15(19)16(11-37-25)24(33)35-5/h6,8,11,14-15,17-22,25-26,28-31,34H,1,7,9-10,12H2,2-5H3. The predicted octanol–water partition coefficient (Wildman–Crippen LogP) is 0.0636. The maximum atomic E-state index is 12.4. The lowest BCUT2D eigenvalue weighted by Gasteiger charge is -2.43. The smallest absolute Gasteiger partial charge is 0.337 e. The van der Waals surface area contributed by atoms with Crippen LogP contribution in [0.4, 0.5) is 0 Å². The molecule has 11 unspecified atom stereocenters. The van der Waals surface area contributed by atoms with E-state index >= 15 is 0 Å². The van der Waals surface area contributed by atoms with Crippen molar-refractivity contribution in [3.63, 3.8) is 0 Å². The maximum absolute atomic E-state index is 12.4. The fourth-order valence-corrected chi connectivity index (χ4v) is 5.12. The van der Waals surface area contributed by atoms with Crippen LogP contribution in [0, 0.1) is 17.8 Å². The molecule has 1 aliphatic carbocycles. The normalized spacial score (nSPS) is 38.1. The van der Waals surface area contributed by atoms with Crippen molar-refractivity contribution in [2.24, 2.45) is 17.8 Å². The van der Waals surface area contributed by atoms with Crippen molar-refractivity contribution < 1.29 is 58.8 Å². The molecule has 0 aromatic carbocycles. The number of ether oxygens (including phenoxy) is 5. The first-order valence-corrected chi connectivity index (χ1v) is 13.0. The summed E-state index contributed by atoms with van der Waals surface area (Å²) in [6.45, 7) is 8.03. The molecule has 220 valence electrons. The molecule has 2 heterocycles. The van der Waals surface area contributed by atoms with Gasteiger partial charge in [-0.15, -0.1) is 6.58 Å². The van der Waals surface area contributed by atoms with Crippen LogP contribution >= 0.6 is 0 Å². The Morgan fingerprint density at radius 1 is 1.18 bits per heavy atom. The van der Waals surface area contributed by atoms with Gasteiger partial charge in [-0.05, 0) is 39.0 Å². The van der Waals surface area contributed by atoms with Gasteiger partial charge in [0.2, 0.25) is 6.29 Å². The third kappa shape index (κ3) is 7.07. The number of carbonyl (C=O) groups excluding carboxylic acids is 2. The molecule has 3 aliphatic rings. The molecule has 0 amide bonds. The SMILES string of the molecule is C=CC(C)(O)CCC=C(C)C(=O)OCC1OC(OC2OC=C(C(=O)OC)C3CC(O)C(C)C23)C(O)C(O)C1O. The molecule has 5 N–H and O–H groups in total. The Morgan fingerprint density at radius 2 is 1.87 bits per heavy atom. The molecule has 1 saturated carbocycles. The highest BCUT2D eigenvalue weighted by Crippen LogP contribution is 2.47. The van der Waals surface area contributed by atoms with Gasteiger partial charge >= 0.3 is 11.9 Å². The first-order chi connectivity index (χ1) is 18.3. The number of allylic oxidation sites excluding steroid dienone is 1. The van der Waals surface area contributed by atoms with Crippen molar-refractivity contribution in [1.82, 2.24) is 0 Å². The van der Waals surface area contributed by atoms with Gasteiger partial charge in [-0.1, -0.05) is 19.1 Å². The lowest BCUT2D eigenvalue weighted by atomic mass is 9.83. The largest absolute Gasteiger partial charge is 0.472 e. The Kier molecular flexibility index (Phi) is 10.3. The summed E-state index contributed by atoms with van der Waals surface area (Å²) in [5, 5.41) is 51.9. The third-order valence-electron chi connectivity index (χ3n) is 7.82. The van der Waals surface area contributed by atoms with E-state index in [0.29, 0.717) is 12.8 Å². The van der Waals surface area contributed by atoms with Gasteiger partial charge in [-0.25, -0.2) is 9.59 Å². The zero-order valence-electron chi connectivity index (χ0n) is 22.6. The lowest BCUT2D eigenvalue weighted by molar-refractivity contribution is -0.342. The molecule has 0 radical (unpaired) electrons. The summed E-state index contributed by atoms with van der Waals surface area (Å²) in [5.74, 6) is -2.54. The van der Waals surface area contributed by atoms with Gasteiger partial charge in [0.15, 0.2) is 6.29 Å². The molecular formula is C27H40O12. The van der Waals surface area contributed by atoms with E-state index in [1.54, 1.807) is 19.9 Å². The number of aliphatic hydroxyl groups excluding tert-OH is 4. The summed E-state index contributed by atoms with van der Waals surface area (Å²) in [7, 11) is 1.24. The minimum atomic E-state index is -1.68. The molecule has 2 fully saturated rings. The molecule has 0 bridgehead atoms. The second-order valence-electron chi connectivity index (χ2n) is 10.7. The summed E-state index contributed by atoms with van der Waals surface area (Å²) >= 11 is 0. The molecule has 39 heavy (non-hydrogen) atoms. The van der Waals surface area contributed by atoms with Crippen LogP contribution < -0.4 is 0 Å². The average molecular weight is 557 g/mol. The van der Waals surface area contributed by atoms with Crippen LogP contribution in [-0.4, -0.2) is 99.9 Å². The first kappa shape index (κ1) is 31.2. The van der Waals surface area contributed by atoms with Gasteiger partial charge in [0, 0.05) is 17.4 Å². The van der Waals surface area contributed by atoms with E-state index in [2.05, 4.69) is 6.58 Å². The maximum Gasteiger partial charge on any atom is 0.337 e. The number of hydrogen-bond acceptors (Lipinski definition) is 12. The Morgan fingerprint density at radius 3 is 2.51 bits per heavy atom. The highest BCUT2D eigenvalue weighted by atomic mass is 16.8. The minimum absolute atomic E-state index is 0.257. The van der Waals surface area contributed by atoms with E-state index in [0.717, 1.165) is 0 Å². The summed E-state index contributed by atoms with van der Waals surface area (Å²) in [4.78, 5) is 24.6. The van der Waals surface area contributed by atoms with Crippen LogP contribution in [0.3, 0.4) is 0 Å². The van der Waals surface area contributed by atoms with E-state index in [1.165, 1.54) is 26.4 Å². The fourth-order valence-electron chi connectivity index (χ4n) is 5.12. The predicted molar refractivity (Wildman–Crippen MR) is 134 cm³/mol. The topological polar surface area (TPSA) is 181 Å². The van der Waals surface area contributed by atoms with Gasteiger partial charge < -0.3 is 49.2 Å². The molecule has 12 nitrogen and oxygen atoms in total. The van der Waals surface area contributed by atoms with Crippen LogP contribution in [-0.2, 0) is 33.3 Å². The minimum Gasteiger partial charge on any atom is -0.472 e. The summed E-state index contributed by atoms with van der Waals surface area (Å²) in [5.41, 5.74) is -0.537. The monoisotopic (exact) mass is 556 g/mol. The van der Waals surface area contributed by atoms with Crippen molar-refractivity contribution in [3.05, 3.63) is 36.1 Å².